The van der Waals surface area contributed by atoms with Crippen molar-refractivity contribution in [3.05, 3.63) is 53.3 Å². The second-order valence-electron chi connectivity index (χ2n) is 5.97. The Hall–Kier alpha value is -2.87. The molecule has 1 saturated heterocycles. The van der Waals surface area contributed by atoms with Gasteiger partial charge in [-0.2, -0.15) is 0 Å². The van der Waals surface area contributed by atoms with E-state index in [0.717, 1.165) is 5.56 Å². The van der Waals surface area contributed by atoms with E-state index in [1.165, 1.54) is 12.4 Å². The average molecular weight is 391 g/mol. The smallest absolute Gasteiger partial charge is 0.407 e. The summed E-state index contributed by atoms with van der Waals surface area (Å²) in [6.45, 7) is 0.975. The lowest BCUT2D eigenvalue weighted by molar-refractivity contribution is -0.129. The van der Waals surface area contributed by atoms with Gasteiger partial charge in [0.2, 0.25) is 5.91 Å². The minimum absolute atomic E-state index is 0.127. The van der Waals surface area contributed by atoms with Crippen LogP contribution in [0.1, 0.15) is 12.0 Å². The van der Waals surface area contributed by atoms with Gasteiger partial charge in [-0.1, -0.05) is 41.9 Å². The van der Waals surface area contributed by atoms with Crippen LogP contribution in [0.2, 0.25) is 5.02 Å². The topological polar surface area (TPSA) is 93.7 Å². The third-order valence-corrected chi connectivity index (χ3v) is 4.16. The van der Waals surface area contributed by atoms with Crippen molar-refractivity contribution in [3.63, 3.8) is 0 Å². The van der Waals surface area contributed by atoms with E-state index >= 15 is 0 Å². The zero-order valence-electron chi connectivity index (χ0n) is 14.5. The van der Waals surface area contributed by atoms with Gasteiger partial charge >= 0.3 is 12.1 Å². The molecule has 142 valence electrons. The lowest BCUT2D eigenvalue weighted by Crippen LogP contribution is -2.40. The quantitative estimate of drug-likeness (QED) is 0.811. The van der Waals surface area contributed by atoms with Crippen LogP contribution in [0.25, 0.3) is 0 Å². The van der Waals surface area contributed by atoms with E-state index in [1.54, 1.807) is 4.90 Å². The highest BCUT2D eigenvalue weighted by atomic mass is 35.5. The highest BCUT2D eigenvalue weighted by Gasteiger charge is 2.28. The summed E-state index contributed by atoms with van der Waals surface area (Å²) in [7, 11) is 0. The number of likely N-dealkylation sites (tertiary alicyclic amines) is 1. The van der Waals surface area contributed by atoms with E-state index in [4.69, 9.17) is 21.1 Å². The van der Waals surface area contributed by atoms with Crippen molar-refractivity contribution < 1.29 is 19.1 Å². The van der Waals surface area contributed by atoms with Gasteiger partial charge in [0.1, 0.15) is 19.3 Å². The van der Waals surface area contributed by atoms with Gasteiger partial charge in [0.15, 0.2) is 0 Å². The molecule has 1 N–H and O–H groups in total. The third kappa shape index (κ3) is 5.82. The zero-order valence-corrected chi connectivity index (χ0v) is 15.3. The van der Waals surface area contributed by atoms with E-state index in [1.807, 2.05) is 30.3 Å². The number of hydrogen-bond acceptors (Lipinski definition) is 6. The maximum atomic E-state index is 12.2. The zero-order chi connectivity index (χ0) is 19.1. The molecule has 1 aromatic heterocycles. The molecule has 1 aliphatic heterocycles. The van der Waals surface area contributed by atoms with E-state index in [9.17, 15) is 9.59 Å². The molecule has 0 bridgehead atoms. The molecule has 0 saturated carbocycles. The van der Waals surface area contributed by atoms with Crippen LogP contribution in [-0.4, -0.2) is 52.6 Å². The number of rotatable bonds is 6. The molecule has 1 aliphatic rings. The van der Waals surface area contributed by atoms with Crippen molar-refractivity contribution in [2.24, 2.45) is 0 Å². The molecule has 2 aromatic rings. The van der Waals surface area contributed by atoms with Crippen LogP contribution in [0.3, 0.4) is 0 Å². The number of nitrogens with one attached hydrogen (secondary N) is 1. The Bertz CT molecular complexity index is 773. The van der Waals surface area contributed by atoms with Crippen LogP contribution in [0.5, 0.6) is 6.01 Å². The standard InChI is InChI=1S/C18H19ClN4O4/c19-14-8-20-17(21-9-14)27-15-6-7-23(11-15)16(24)10-22-18(25)26-12-13-4-2-1-3-5-13/h1-5,8-9,15H,6-7,10-12H2,(H,22,25)/t15-/m0/s1. The van der Waals surface area contributed by atoms with Crippen molar-refractivity contribution in [1.82, 2.24) is 20.2 Å². The molecular weight excluding hydrogens is 372 g/mol. The summed E-state index contributed by atoms with van der Waals surface area (Å²) in [4.78, 5) is 33.5. The number of alkyl carbamates (subject to hydrolysis) is 1. The molecule has 2 amide bonds. The van der Waals surface area contributed by atoms with Gasteiger partial charge in [0.05, 0.1) is 24.0 Å². The van der Waals surface area contributed by atoms with Crippen LogP contribution < -0.4 is 10.1 Å². The predicted molar refractivity (Wildman–Crippen MR) is 97.3 cm³/mol. The lowest BCUT2D eigenvalue weighted by atomic mass is 10.2. The van der Waals surface area contributed by atoms with Gasteiger partial charge in [-0.25, -0.2) is 14.8 Å². The van der Waals surface area contributed by atoms with E-state index in [2.05, 4.69) is 15.3 Å². The molecule has 3 rings (SSSR count). The van der Waals surface area contributed by atoms with Crippen molar-refractivity contribution in [3.8, 4) is 6.01 Å². The fraction of sp³-hybridized carbons (Fsp3) is 0.333. The molecule has 9 heteroatoms. The fourth-order valence-electron chi connectivity index (χ4n) is 2.60. The van der Waals surface area contributed by atoms with Crippen LogP contribution in [-0.2, 0) is 16.1 Å². The Morgan fingerprint density at radius 1 is 1.22 bits per heavy atom. The number of carbonyl (C=O) groups excluding carboxylic acids is 2. The van der Waals surface area contributed by atoms with Crippen molar-refractivity contribution in [2.45, 2.75) is 19.1 Å². The Morgan fingerprint density at radius 3 is 2.70 bits per heavy atom. The summed E-state index contributed by atoms with van der Waals surface area (Å²) in [5.41, 5.74) is 0.878. The summed E-state index contributed by atoms with van der Waals surface area (Å²) >= 11 is 5.73. The van der Waals surface area contributed by atoms with Gasteiger partial charge in [-0.15, -0.1) is 0 Å². The monoisotopic (exact) mass is 390 g/mol. The van der Waals surface area contributed by atoms with E-state index in [-0.39, 0.29) is 31.2 Å². The second-order valence-corrected chi connectivity index (χ2v) is 6.40. The van der Waals surface area contributed by atoms with Gasteiger partial charge in [-0.3, -0.25) is 4.79 Å². The molecule has 1 aromatic carbocycles. The highest BCUT2D eigenvalue weighted by Crippen LogP contribution is 2.16. The second kappa shape index (κ2) is 9.18. The molecule has 0 unspecified atom stereocenters. The van der Waals surface area contributed by atoms with Crippen LogP contribution in [0.4, 0.5) is 4.79 Å². The average Bonchev–Trinajstić information content (AvgIpc) is 3.16. The summed E-state index contributed by atoms with van der Waals surface area (Å²) in [5, 5.41) is 2.89. The lowest BCUT2D eigenvalue weighted by Gasteiger charge is -2.17. The predicted octanol–water partition coefficient (Wildman–Crippen LogP) is 2.04. The highest BCUT2D eigenvalue weighted by molar-refractivity contribution is 6.30. The minimum atomic E-state index is -0.631. The number of carbonyl (C=O) groups is 2. The molecule has 0 aliphatic carbocycles. The number of hydrogen-bond donors (Lipinski definition) is 1. The Labute approximate surface area is 161 Å². The van der Waals surface area contributed by atoms with Gasteiger partial charge in [-0.05, 0) is 5.56 Å². The van der Waals surface area contributed by atoms with E-state index < -0.39 is 6.09 Å². The summed E-state index contributed by atoms with van der Waals surface area (Å²) in [6.07, 6.45) is 2.74. The largest absolute Gasteiger partial charge is 0.458 e. The number of amides is 2. The minimum Gasteiger partial charge on any atom is -0.458 e. The van der Waals surface area contributed by atoms with Crippen LogP contribution >= 0.6 is 11.6 Å². The van der Waals surface area contributed by atoms with Gasteiger partial charge in [0.25, 0.3) is 0 Å². The number of ether oxygens (including phenoxy) is 2. The molecule has 2 heterocycles. The number of benzene rings is 1. The van der Waals surface area contributed by atoms with Gasteiger partial charge < -0.3 is 19.7 Å². The number of nitrogens with zero attached hydrogens (tertiary/aromatic N) is 3. The summed E-state index contributed by atoms with van der Waals surface area (Å²) < 4.78 is 10.7. The Morgan fingerprint density at radius 2 is 1.96 bits per heavy atom. The molecular formula is C18H19ClN4O4. The Kier molecular flexibility index (Phi) is 6.43. The number of halogens is 1. The van der Waals surface area contributed by atoms with E-state index in [0.29, 0.717) is 24.5 Å². The summed E-state index contributed by atoms with van der Waals surface area (Å²) in [6, 6.07) is 9.54. The maximum absolute atomic E-state index is 12.2. The van der Waals surface area contributed by atoms with Crippen molar-refractivity contribution >= 4 is 23.6 Å². The first-order valence-electron chi connectivity index (χ1n) is 8.46. The summed E-state index contributed by atoms with van der Waals surface area (Å²) in [5.74, 6) is -0.199. The van der Waals surface area contributed by atoms with Crippen LogP contribution in [0.15, 0.2) is 42.7 Å². The van der Waals surface area contributed by atoms with Crippen LogP contribution in [0, 0.1) is 0 Å². The molecule has 1 atom stereocenters. The van der Waals surface area contributed by atoms with Crippen molar-refractivity contribution in [1.29, 1.82) is 0 Å². The fourth-order valence-corrected chi connectivity index (χ4v) is 2.69. The molecule has 0 radical (unpaired) electrons. The molecule has 0 spiro atoms. The molecule has 8 nitrogen and oxygen atoms in total. The Balaban J connectivity index is 1.37. The van der Waals surface area contributed by atoms with Gasteiger partial charge in [0, 0.05) is 13.0 Å². The maximum Gasteiger partial charge on any atom is 0.407 e. The first-order valence-corrected chi connectivity index (χ1v) is 8.84. The first-order chi connectivity index (χ1) is 13.1. The first kappa shape index (κ1) is 18.9. The molecule has 27 heavy (non-hydrogen) atoms. The SMILES string of the molecule is O=C(NCC(=O)N1CC[C@H](Oc2ncc(Cl)cn2)C1)OCc1ccccc1. The normalized spacial score (nSPS) is 16.0. The third-order valence-electron chi connectivity index (χ3n) is 3.96. The van der Waals surface area contributed by atoms with Crippen molar-refractivity contribution in [2.75, 3.05) is 19.6 Å². The number of aromatic nitrogens is 2. The molecule has 1 fully saturated rings.